The highest BCUT2D eigenvalue weighted by atomic mass is 16.3. The first-order chi connectivity index (χ1) is 6.80. The van der Waals surface area contributed by atoms with Crippen molar-refractivity contribution in [3.05, 3.63) is 24.3 Å². The first-order valence-corrected chi connectivity index (χ1v) is 5.47. The van der Waals surface area contributed by atoms with Gasteiger partial charge >= 0.3 is 0 Å². The highest BCUT2D eigenvalue weighted by Crippen LogP contribution is 2.10. The molecular formula is C12H20O2. The minimum atomic E-state index is -0.563. The minimum Gasteiger partial charge on any atom is -0.390 e. The van der Waals surface area contributed by atoms with Crippen LogP contribution < -0.4 is 0 Å². The average Bonchev–Trinajstić information content (AvgIpc) is 2.18. The van der Waals surface area contributed by atoms with Crippen molar-refractivity contribution in [1.29, 1.82) is 0 Å². The Morgan fingerprint density at radius 3 is 1.43 bits per heavy atom. The normalized spacial score (nSPS) is 30.7. The number of hydrogen-bond donors (Lipinski definition) is 2. The van der Waals surface area contributed by atoms with Crippen LogP contribution in [-0.2, 0) is 0 Å². The third-order valence-electron chi connectivity index (χ3n) is 2.54. The van der Waals surface area contributed by atoms with Crippen LogP contribution in [-0.4, -0.2) is 22.4 Å². The van der Waals surface area contributed by atoms with Gasteiger partial charge in [-0.25, -0.2) is 0 Å². The second kappa shape index (κ2) is 6.80. The summed E-state index contributed by atoms with van der Waals surface area (Å²) < 4.78 is 0. The van der Waals surface area contributed by atoms with Gasteiger partial charge in [-0.2, -0.15) is 0 Å². The second-order valence-corrected chi connectivity index (χ2v) is 3.81. The number of allylic oxidation sites excluding steroid dienone is 4. The summed E-state index contributed by atoms with van der Waals surface area (Å²) in [6.45, 7) is 0. The first-order valence-electron chi connectivity index (χ1n) is 5.47. The SMILES string of the molecule is OC1CCC=CCCC=CCC[C@@H]1O. The van der Waals surface area contributed by atoms with Gasteiger partial charge in [-0.05, 0) is 38.5 Å². The van der Waals surface area contributed by atoms with E-state index in [0.717, 1.165) is 25.7 Å². The molecule has 0 saturated heterocycles. The molecule has 1 rings (SSSR count). The van der Waals surface area contributed by atoms with E-state index in [1.54, 1.807) is 0 Å². The van der Waals surface area contributed by atoms with Crippen LogP contribution in [0.2, 0.25) is 0 Å². The van der Waals surface area contributed by atoms with Crippen molar-refractivity contribution in [3.63, 3.8) is 0 Å². The van der Waals surface area contributed by atoms with E-state index in [9.17, 15) is 10.2 Å². The summed E-state index contributed by atoms with van der Waals surface area (Å²) in [5, 5.41) is 19.1. The lowest BCUT2D eigenvalue weighted by Crippen LogP contribution is -2.25. The maximum absolute atomic E-state index is 9.55. The molecule has 0 bridgehead atoms. The molecule has 1 aliphatic carbocycles. The van der Waals surface area contributed by atoms with Gasteiger partial charge in [-0.1, -0.05) is 24.3 Å². The molecule has 2 atom stereocenters. The highest BCUT2D eigenvalue weighted by Gasteiger charge is 2.14. The first kappa shape index (κ1) is 11.5. The van der Waals surface area contributed by atoms with Crippen LogP contribution in [0.3, 0.4) is 0 Å². The summed E-state index contributed by atoms with van der Waals surface area (Å²) in [7, 11) is 0. The molecule has 0 saturated carbocycles. The van der Waals surface area contributed by atoms with Gasteiger partial charge in [0.25, 0.3) is 0 Å². The molecule has 0 aliphatic heterocycles. The maximum Gasteiger partial charge on any atom is 0.0802 e. The molecule has 0 heterocycles. The monoisotopic (exact) mass is 196 g/mol. The molecule has 2 heteroatoms. The van der Waals surface area contributed by atoms with Gasteiger partial charge in [-0.3, -0.25) is 0 Å². The lowest BCUT2D eigenvalue weighted by atomic mass is 10.0. The molecule has 0 spiro atoms. The maximum atomic E-state index is 9.55. The fraction of sp³-hybridized carbons (Fsp3) is 0.667. The second-order valence-electron chi connectivity index (χ2n) is 3.81. The predicted molar refractivity (Wildman–Crippen MR) is 58.0 cm³/mol. The fourth-order valence-electron chi connectivity index (χ4n) is 1.58. The van der Waals surface area contributed by atoms with E-state index in [0.29, 0.717) is 12.8 Å². The van der Waals surface area contributed by atoms with Gasteiger partial charge in [0.2, 0.25) is 0 Å². The Kier molecular flexibility index (Phi) is 5.57. The average molecular weight is 196 g/mol. The quantitative estimate of drug-likeness (QED) is 0.583. The molecule has 0 fully saturated rings. The molecule has 1 aliphatic rings. The zero-order chi connectivity index (χ0) is 10.2. The van der Waals surface area contributed by atoms with Crippen LogP contribution in [0.1, 0.15) is 38.5 Å². The topological polar surface area (TPSA) is 40.5 Å². The van der Waals surface area contributed by atoms with Crippen molar-refractivity contribution < 1.29 is 10.2 Å². The molecule has 0 radical (unpaired) electrons. The smallest absolute Gasteiger partial charge is 0.0802 e. The van der Waals surface area contributed by atoms with Crippen LogP contribution in [0.4, 0.5) is 0 Å². The molecule has 2 N–H and O–H groups in total. The van der Waals surface area contributed by atoms with Crippen LogP contribution in [0.25, 0.3) is 0 Å². The van der Waals surface area contributed by atoms with E-state index >= 15 is 0 Å². The Bertz CT molecular complexity index is 174. The van der Waals surface area contributed by atoms with Gasteiger partial charge < -0.3 is 10.2 Å². The summed E-state index contributed by atoms with van der Waals surface area (Å²) in [5.74, 6) is 0. The van der Waals surface area contributed by atoms with E-state index in [-0.39, 0.29) is 0 Å². The molecule has 1 unspecified atom stereocenters. The van der Waals surface area contributed by atoms with Gasteiger partial charge in [0.05, 0.1) is 12.2 Å². The number of aliphatic hydroxyl groups is 2. The molecule has 80 valence electrons. The summed E-state index contributed by atoms with van der Waals surface area (Å²) in [6.07, 6.45) is 12.6. The van der Waals surface area contributed by atoms with E-state index in [1.807, 2.05) is 0 Å². The van der Waals surface area contributed by atoms with Crippen molar-refractivity contribution in [2.24, 2.45) is 0 Å². The Morgan fingerprint density at radius 1 is 0.643 bits per heavy atom. The molecule has 0 aromatic carbocycles. The number of aliphatic hydroxyl groups excluding tert-OH is 2. The van der Waals surface area contributed by atoms with Crippen molar-refractivity contribution in [2.75, 3.05) is 0 Å². The Balaban J connectivity index is 2.41. The summed E-state index contributed by atoms with van der Waals surface area (Å²) in [6, 6.07) is 0. The molecule has 2 nitrogen and oxygen atoms in total. The Hall–Kier alpha value is -0.600. The van der Waals surface area contributed by atoms with E-state index in [4.69, 9.17) is 0 Å². The van der Waals surface area contributed by atoms with Crippen LogP contribution in [0.15, 0.2) is 24.3 Å². The van der Waals surface area contributed by atoms with Gasteiger partial charge in [-0.15, -0.1) is 0 Å². The summed E-state index contributed by atoms with van der Waals surface area (Å²) in [5.41, 5.74) is 0. The fourth-order valence-corrected chi connectivity index (χ4v) is 1.58. The summed E-state index contributed by atoms with van der Waals surface area (Å²) in [4.78, 5) is 0. The van der Waals surface area contributed by atoms with Crippen molar-refractivity contribution in [2.45, 2.75) is 50.7 Å². The standard InChI is InChI=1S/C12H20O2/c13-11-9-7-5-3-1-2-4-6-8-10-12(11)14/h3-6,11-14H,1-2,7-10H2/t11-,12?/m0/s1. The molecule has 0 aromatic rings. The lowest BCUT2D eigenvalue weighted by molar-refractivity contribution is 0.0111. The number of hydrogen-bond acceptors (Lipinski definition) is 2. The van der Waals surface area contributed by atoms with Crippen molar-refractivity contribution >= 4 is 0 Å². The Morgan fingerprint density at radius 2 is 1.00 bits per heavy atom. The van der Waals surface area contributed by atoms with Crippen molar-refractivity contribution in [3.8, 4) is 0 Å². The highest BCUT2D eigenvalue weighted by molar-refractivity contribution is 4.90. The van der Waals surface area contributed by atoms with Gasteiger partial charge in [0.1, 0.15) is 0 Å². The van der Waals surface area contributed by atoms with Crippen LogP contribution in [0.5, 0.6) is 0 Å². The minimum absolute atomic E-state index is 0.563. The molecule has 14 heavy (non-hydrogen) atoms. The molecule has 0 amide bonds. The zero-order valence-electron chi connectivity index (χ0n) is 8.60. The predicted octanol–water partition coefficient (Wildman–Crippen LogP) is 2.17. The van der Waals surface area contributed by atoms with Crippen LogP contribution >= 0.6 is 0 Å². The van der Waals surface area contributed by atoms with Gasteiger partial charge in [0.15, 0.2) is 0 Å². The van der Waals surface area contributed by atoms with Crippen LogP contribution in [0, 0.1) is 0 Å². The molecule has 0 aromatic heterocycles. The van der Waals surface area contributed by atoms with E-state index in [1.165, 1.54) is 0 Å². The zero-order valence-corrected chi connectivity index (χ0v) is 8.60. The lowest BCUT2D eigenvalue weighted by Gasteiger charge is -2.16. The van der Waals surface area contributed by atoms with Gasteiger partial charge in [0, 0.05) is 0 Å². The third kappa shape index (κ3) is 4.58. The van der Waals surface area contributed by atoms with E-state index < -0.39 is 12.2 Å². The van der Waals surface area contributed by atoms with Crippen molar-refractivity contribution in [1.82, 2.24) is 0 Å². The van der Waals surface area contributed by atoms with E-state index in [2.05, 4.69) is 24.3 Å². The summed E-state index contributed by atoms with van der Waals surface area (Å²) >= 11 is 0. The largest absolute Gasteiger partial charge is 0.390 e. The molecular weight excluding hydrogens is 176 g/mol. The third-order valence-corrected chi connectivity index (χ3v) is 2.54. The Labute approximate surface area is 86.0 Å². The number of rotatable bonds is 0.